The second-order valence-electron chi connectivity index (χ2n) is 2.65. The molecule has 4 nitrogen and oxygen atoms in total. The predicted molar refractivity (Wildman–Crippen MR) is 46.4 cm³/mol. The molecular formula is C9H8F2N2O2. The molecule has 0 aliphatic carbocycles. The highest BCUT2D eigenvalue weighted by Crippen LogP contribution is 2.26. The normalized spacial score (nSPS) is 10.1. The zero-order valence-electron chi connectivity index (χ0n) is 7.87. The van der Waals surface area contributed by atoms with Crippen molar-refractivity contribution >= 4 is 0 Å². The number of pyridine rings is 1. The molecule has 0 amide bonds. The lowest BCUT2D eigenvalue weighted by atomic mass is 10.1. The van der Waals surface area contributed by atoms with E-state index in [-0.39, 0.29) is 17.1 Å². The van der Waals surface area contributed by atoms with Crippen LogP contribution in [0.3, 0.4) is 0 Å². The third-order valence-electron chi connectivity index (χ3n) is 1.80. The molecular weight excluding hydrogens is 206 g/mol. The quantitative estimate of drug-likeness (QED) is 0.825. The minimum atomic E-state index is -2.78. The van der Waals surface area contributed by atoms with Crippen LogP contribution in [0.4, 0.5) is 8.78 Å². The average Bonchev–Trinajstić information content (AvgIpc) is 2.26. The summed E-state index contributed by atoms with van der Waals surface area (Å²) in [5.74, 6) is -0.0639. The summed E-state index contributed by atoms with van der Waals surface area (Å²) < 4.78 is 29.7. The summed E-state index contributed by atoms with van der Waals surface area (Å²) >= 11 is 0. The molecule has 1 aromatic heterocycles. The Kier molecular flexibility index (Phi) is 3.52. The maximum absolute atomic E-state index is 12.5. The lowest BCUT2D eigenvalue weighted by Crippen LogP contribution is -2.03. The van der Waals surface area contributed by atoms with Gasteiger partial charge in [0.1, 0.15) is 11.6 Å². The topological polar surface area (TPSA) is 66.1 Å². The number of aromatic nitrogens is 1. The van der Waals surface area contributed by atoms with Crippen LogP contribution < -0.4 is 4.74 Å². The van der Waals surface area contributed by atoms with Crippen molar-refractivity contribution in [2.24, 2.45) is 0 Å². The second kappa shape index (κ2) is 4.66. The molecule has 15 heavy (non-hydrogen) atoms. The van der Waals surface area contributed by atoms with Crippen molar-refractivity contribution in [3.63, 3.8) is 0 Å². The number of rotatable bonds is 3. The lowest BCUT2D eigenvalue weighted by molar-refractivity contribution is 0.145. The Morgan fingerprint density at radius 1 is 1.67 bits per heavy atom. The van der Waals surface area contributed by atoms with Gasteiger partial charge < -0.3 is 9.84 Å². The second-order valence-corrected chi connectivity index (χ2v) is 2.65. The molecule has 0 atom stereocenters. The number of aliphatic hydroxyl groups is 1. The van der Waals surface area contributed by atoms with Crippen LogP contribution in [-0.2, 0) is 6.61 Å². The van der Waals surface area contributed by atoms with Crippen LogP contribution >= 0.6 is 0 Å². The van der Waals surface area contributed by atoms with E-state index < -0.39 is 18.6 Å². The maximum atomic E-state index is 12.5. The van der Waals surface area contributed by atoms with Gasteiger partial charge in [-0.2, -0.15) is 5.26 Å². The van der Waals surface area contributed by atoms with E-state index in [0.717, 1.165) is 6.07 Å². The van der Waals surface area contributed by atoms with Crippen LogP contribution in [0.1, 0.15) is 23.2 Å². The Bertz CT molecular complexity index is 402. The Morgan fingerprint density at radius 2 is 2.33 bits per heavy atom. The van der Waals surface area contributed by atoms with Gasteiger partial charge in [-0.3, -0.25) is 0 Å². The van der Waals surface area contributed by atoms with Crippen molar-refractivity contribution in [1.82, 2.24) is 4.98 Å². The Hall–Kier alpha value is -1.74. The number of hydrogen-bond donors (Lipinski definition) is 1. The van der Waals surface area contributed by atoms with Gasteiger partial charge in [-0.1, -0.05) is 0 Å². The zero-order valence-corrected chi connectivity index (χ0v) is 7.87. The summed E-state index contributed by atoms with van der Waals surface area (Å²) in [6.45, 7) is -0.623. The molecule has 1 aromatic rings. The molecule has 1 N–H and O–H groups in total. The van der Waals surface area contributed by atoms with E-state index in [2.05, 4.69) is 4.98 Å². The summed E-state index contributed by atoms with van der Waals surface area (Å²) in [6, 6.07) is 2.66. The van der Waals surface area contributed by atoms with Gasteiger partial charge in [0.15, 0.2) is 0 Å². The average molecular weight is 214 g/mol. The van der Waals surface area contributed by atoms with E-state index in [1.807, 2.05) is 0 Å². The summed E-state index contributed by atoms with van der Waals surface area (Å²) in [5, 5.41) is 17.5. The van der Waals surface area contributed by atoms with Crippen molar-refractivity contribution < 1.29 is 18.6 Å². The first kappa shape index (κ1) is 11.3. The van der Waals surface area contributed by atoms with Crippen molar-refractivity contribution in [2.75, 3.05) is 7.11 Å². The monoisotopic (exact) mass is 214 g/mol. The fourth-order valence-corrected chi connectivity index (χ4v) is 1.10. The minimum absolute atomic E-state index is 0.0639. The Balaban J connectivity index is 3.36. The molecule has 0 aliphatic heterocycles. The first-order valence-corrected chi connectivity index (χ1v) is 4.01. The van der Waals surface area contributed by atoms with E-state index in [0.29, 0.717) is 0 Å². The fourth-order valence-electron chi connectivity index (χ4n) is 1.10. The van der Waals surface area contributed by atoms with Crippen LogP contribution in [0.2, 0.25) is 0 Å². The molecule has 1 heterocycles. The minimum Gasteiger partial charge on any atom is -0.480 e. The summed E-state index contributed by atoms with van der Waals surface area (Å²) in [4.78, 5) is 3.63. The van der Waals surface area contributed by atoms with Crippen molar-refractivity contribution in [3.05, 3.63) is 22.9 Å². The van der Waals surface area contributed by atoms with Crippen LogP contribution in [0, 0.1) is 11.3 Å². The fraction of sp³-hybridized carbons (Fsp3) is 0.333. The third-order valence-corrected chi connectivity index (χ3v) is 1.80. The number of hydrogen-bond acceptors (Lipinski definition) is 4. The molecule has 0 unspecified atom stereocenters. The highest BCUT2D eigenvalue weighted by atomic mass is 19.3. The van der Waals surface area contributed by atoms with Gasteiger partial charge in [-0.25, -0.2) is 13.8 Å². The zero-order chi connectivity index (χ0) is 11.4. The molecule has 1 rings (SSSR count). The molecule has 6 heteroatoms. The smallest absolute Gasteiger partial charge is 0.265 e. The highest BCUT2D eigenvalue weighted by molar-refractivity contribution is 5.43. The van der Waals surface area contributed by atoms with Crippen LogP contribution in [0.25, 0.3) is 0 Å². The summed E-state index contributed by atoms with van der Waals surface area (Å²) in [6.07, 6.45) is -2.78. The number of alkyl halides is 2. The molecule has 80 valence electrons. The van der Waals surface area contributed by atoms with Gasteiger partial charge in [0.25, 0.3) is 6.43 Å². The van der Waals surface area contributed by atoms with Crippen molar-refractivity contribution in [2.45, 2.75) is 13.0 Å². The number of methoxy groups -OCH3 is 1. The van der Waals surface area contributed by atoms with Crippen LogP contribution in [0.15, 0.2) is 6.07 Å². The first-order chi connectivity index (χ1) is 7.13. The van der Waals surface area contributed by atoms with E-state index in [1.54, 1.807) is 6.07 Å². The van der Waals surface area contributed by atoms with Crippen LogP contribution in [-0.4, -0.2) is 17.2 Å². The third kappa shape index (κ3) is 2.19. The lowest BCUT2D eigenvalue weighted by Gasteiger charge is -2.08. The molecule has 0 saturated heterocycles. The number of aliphatic hydroxyl groups excluding tert-OH is 1. The van der Waals surface area contributed by atoms with Gasteiger partial charge in [0.05, 0.1) is 19.4 Å². The number of nitrogens with zero attached hydrogens (tertiary/aromatic N) is 2. The standard InChI is InChI=1S/C9H8F2N2O2/c1-15-9-5(3-12)2-6(8(10)11)7(4-14)13-9/h2,8,14H,4H2,1H3. The molecule has 0 aliphatic rings. The van der Waals surface area contributed by atoms with Crippen LogP contribution in [0.5, 0.6) is 5.88 Å². The molecule has 0 saturated carbocycles. The van der Waals surface area contributed by atoms with Gasteiger partial charge in [0.2, 0.25) is 5.88 Å². The first-order valence-electron chi connectivity index (χ1n) is 4.01. The van der Waals surface area contributed by atoms with Gasteiger partial charge >= 0.3 is 0 Å². The van der Waals surface area contributed by atoms with E-state index in [1.165, 1.54) is 7.11 Å². The molecule has 0 spiro atoms. The molecule has 0 aromatic carbocycles. The number of ether oxygens (including phenoxy) is 1. The van der Waals surface area contributed by atoms with Crippen molar-refractivity contribution in [3.8, 4) is 11.9 Å². The van der Waals surface area contributed by atoms with Gasteiger partial charge in [-0.15, -0.1) is 0 Å². The van der Waals surface area contributed by atoms with E-state index in [9.17, 15) is 8.78 Å². The predicted octanol–water partition coefficient (Wildman–Crippen LogP) is 1.39. The van der Waals surface area contributed by atoms with E-state index >= 15 is 0 Å². The Labute approximate surface area is 84.7 Å². The number of nitriles is 1. The SMILES string of the molecule is COc1nc(CO)c(C(F)F)cc1C#N. The van der Waals surface area contributed by atoms with Gasteiger partial charge in [-0.05, 0) is 6.07 Å². The van der Waals surface area contributed by atoms with Gasteiger partial charge in [0, 0.05) is 5.56 Å². The maximum Gasteiger partial charge on any atom is 0.265 e. The molecule has 0 radical (unpaired) electrons. The van der Waals surface area contributed by atoms with Crippen molar-refractivity contribution in [1.29, 1.82) is 5.26 Å². The number of halogens is 2. The summed E-state index contributed by atoms with van der Waals surface area (Å²) in [5.41, 5.74) is -0.708. The molecule has 0 fully saturated rings. The highest BCUT2D eigenvalue weighted by Gasteiger charge is 2.18. The van der Waals surface area contributed by atoms with E-state index in [4.69, 9.17) is 15.1 Å². The summed E-state index contributed by atoms with van der Waals surface area (Å²) in [7, 11) is 1.27. The molecule has 0 bridgehead atoms. The Morgan fingerprint density at radius 3 is 2.73 bits per heavy atom. The largest absolute Gasteiger partial charge is 0.480 e.